The Balaban J connectivity index is 2.37. The van der Waals surface area contributed by atoms with Crippen LogP contribution < -0.4 is 5.43 Å². The molecule has 10 heteroatoms. The Morgan fingerprint density at radius 3 is 2.25 bits per heavy atom. The zero-order valence-corrected chi connectivity index (χ0v) is 12.2. The molecule has 0 aromatic heterocycles. The van der Waals surface area contributed by atoms with E-state index in [-0.39, 0.29) is 17.0 Å². The molecule has 24 heavy (non-hydrogen) atoms. The Hall–Kier alpha value is -3.43. The van der Waals surface area contributed by atoms with Crippen molar-refractivity contribution >= 4 is 22.8 Å². The molecule has 0 atom stereocenters. The van der Waals surface area contributed by atoms with Crippen LogP contribution in [0.2, 0.25) is 0 Å². The van der Waals surface area contributed by atoms with Crippen molar-refractivity contribution < 1.29 is 18.6 Å². The zero-order chi connectivity index (χ0) is 17.9. The average molecular weight is 336 g/mol. The number of nitrogens with zero attached hydrogens (tertiary/aromatic N) is 3. The molecule has 0 aliphatic carbocycles. The first kappa shape index (κ1) is 16.9. The van der Waals surface area contributed by atoms with Gasteiger partial charge in [-0.25, -0.2) is 8.78 Å². The lowest BCUT2D eigenvalue weighted by atomic mass is 10.1. The summed E-state index contributed by atoms with van der Waals surface area (Å²) in [7, 11) is 0. The third kappa shape index (κ3) is 3.48. The minimum absolute atomic E-state index is 0.0850. The topological polar surface area (TPSA) is 111 Å². The number of benzene rings is 2. The molecular formula is C14H10F2N4O4. The van der Waals surface area contributed by atoms with Gasteiger partial charge in [-0.2, -0.15) is 5.10 Å². The van der Waals surface area contributed by atoms with Crippen LogP contribution in [0.3, 0.4) is 0 Å². The van der Waals surface area contributed by atoms with Gasteiger partial charge in [-0.1, -0.05) is 6.07 Å². The Labute approximate surface area is 133 Å². The maximum atomic E-state index is 13.6. The molecule has 0 bridgehead atoms. The van der Waals surface area contributed by atoms with E-state index in [1.165, 1.54) is 13.0 Å². The van der Waals surface area contributed by atoms with Crippen LogP contribution in [0.1, 0.15) is 12.5 Å². The van der Waals surface area contributed by atoms with Crippen molar-refractivity contribution in [3.63, 3.8) is 0 Å². The zero-order valence-electron chi connectivity index (χ0n) is 12.2. The largest absolute Gasteiger partial charge is 0.301 e. The third-order valence-electron chi connectivity index (χ3n) is 3.06. The van der Waals surface area contributed by atoms with Crippen LogP contribution in [-0.4, -0.2) is 15.6 Å². The highest BCUT2D eigenvalue weighted by Crippen LogP contribution is 2.29. The van der Waals surface area contributed by atoms with Gasteiger partial charge in [-0.15, -0.1) is 0 Å². The lowest BCUT2D eigenvalue weighted by molar-refractivity contribution is -0.393. The molecule has 0 radical (unpaired) electrons. The highest BCUT2D eigenvalue weighted by atomic mass is 19.1. The summed E-state index contributed by atoms with van der Waals surface area (Å²) in [6, 6.07) is 6.18. The number of hydrazone groups is 1. The Morgan fingerprint density at radius 2 is 1.71 bits per heavy atom. The summed E-state index contributed by atoms with van der Waals surface area (Å²) in [6.07, 6.45) is 0. The molecule has 0 unspecified atom stereocenters. The van der Waals surface area contributed by atoms with E-state index in [4.69, 9.17) is 0 Å². The second-order valence-corrected chi connectivity index (χ2v) is 4.62. The fraction of sp³-hybridized carbons (Fsp3) is 0.0714. The molecular weight excluding hydrogens is 326 g/mol. The molecule has 0 spiro atoms. The monoisotopic (exact) mass is 336 g/mol. The molecule has 2 rings (SSSR count). The van der Waals surface area contributed by atoms with E-state index in [0.717, 1.165) is 30.3 Å². The summed E-state index contributed by atoms with van der Waals surface area (Å²) >= 11 is 0. The SMILES string of the molecule is C/C(=N/Nc1ccc([N+](=O)[O-])cc1[N+](=O)[O-])c1c(F)cccc1F. The average Bonchev–Trinajstić information content (AvgIpc) is 2.52. The van der Waals surface area contributed by atoms with Crippen molar-refractivity contribution in [2.75, 3.05) is 5.43 Å². The van der Waals surface area contributed by atoms with Crippen molar-refractivity contribution in [3.05, 3.63) is 73.8 Å². The van der Waals surface area contributed by atoms with E-state index in [1.807, 2.05) is 0 Å². The van der Waals surface area contributed by atoms with Crippen LogP contribution >= 0.6 is 0 Å². The van der Waals surface area contributed by atoms with Crippen molar-refractivity contribution in [2.24, 2.45) is 5.10 Å². The first-order valence-corrected chi connectivity index (χ1v) is 6.48. The predicted octanol–water partition coefficient (Wildman–Crippen LogP) is 3.62. The van der Waals surface area contributed by atoms with Gasteiger partial charge in [-0.05, 0) is 25.1 Å². The van der Waals surface area contributed by atoms with E-state index < -0.39 is 32.9 Å². The number of anilines is 1. The highest BCUT2D eigenvalue weighted by molar-refractivity contribution is 5.99. The summed E-state index contributed by atoms with van der Waals surface area (Å²) in [5, 5.41) is 25.4. The second kappa shape index (κ2) is 6.77. The van der Waals surface area contributed by atoms with Crippen molar-refractivity contribution in [1.82, 2.24) is 0 Å². The van der Waals surface area contributed by atoms with Crippen LogP contribution in [0.5, 0.6) is 0 Å². The van der Waals surface area contributed by atoms with Gasteiger partial charge in [0.25, 0.3) is 5.69 Å². The summed E-state index contributed by atoms with van der Waals surface area (Å²) in [6.45, 7) is 1.31. The maximum Gasteiger partial charge on any atom is 0.301 e. The van der Waals surface area contributed by atoms with Crippen molar-refractivity contribution in [2.45, 2.75) is 6.92 Å². The first-order valence-electron chi connectivity index (χ1n) is 6.48. The molecule has 124 valence electrons. The van der Waals surface area contributed by atoms with Gasteiger partial charge in [0.05, 0.1) is 27.2 Å². The molecule has 8 nitrogen and oxygen atoms in total. The van der Waals surface area contributed by atoms with E-state index in [2.05, 4.69) is 10.5 Å². The lowest BCUT2D eigenvalue weighted by Crippen LogP contribution is -2.06. The van der Waals surface area contributed by atoms with E-state index >= 15 is 0 Å². The number of hydrogen-bond donors (Lipinski definition) is 1. The van der Waals surface area contributed by atoms with Crippen LogP contribution in [-0.2, 0) is 0 Å². The molecule has 0 heterocycles. The quantitative estimate of drug-likeness (QED) is 0.509. The minimum Gasteiger partial charge on any atom is -0.271 e. The van der Waals surface area contributed by atoms with Crippen molar-refractivity contribution in [3.8, 4) is 0 Å². The molecule has 2 aromatic rings. The molecule has 0 saturated heterocycles. The van der Waals surface area contributed by atoms with E-state index in [0.29, 0.717) is 0 Å². The van der Waals surface area contributed by atoms with Gasteiger partial charge in [-0.3, -0.25) is 25.7 Å². The normalized spacial score (nSPS) is 11.2. The van der Waals surface area contributed by atoms with Gasteiger partial charge >= 0.3 is 5.69 Å². The van der Waals surface area contributed by atoms with Gasteiger partial charge in [0.1, 0.15) is 17.3 Å². The summed E-state index contributed by atoms with van der Waals surface area (Å²) in [5.74, 6) is -1.67. The second-order valence-electron chi connectivity index (χ2n) is 4.62. The standard InChI is InChI=1S/C14H10F2N4O4/c1-8(14-10(15)3-2-4-11(14)16)17-18-12-6-5-9(19(21)22)7-13(12)20(23)24/h2-7,18H,1H3/b17-8-. The van der Waals surface area contributed by atoms with Crippen molar-refractivity contribution in [1.29, 1.82) is 0 Å². The molecule has 0 aliphatic heterocycles. The fourth-order valence-corrected chi connectivity index (χ4v) is 1.92. The number of hydrogen-bond acceptors (Lipinski definition) is 6. The molecule has 0 aliphatic rings. The number of non-ortho nitro benzene ring substituents is 1. The maximum absolute atomic E-state index is 13.6. The number of rotatable bonds is 5. The first-order chi connectivity index (χ1) is 11.3. The molecule has 0 fully saturated rings. The Bertz CT molecular complexity index is 834. The Kier molecular flexibility index (Phi) is 4.78. The lowest BCUT2D eigenvalue weighted by Gasteiger charge is -2.06. The smallest absolute Gasteiger partial charge is 0.271 e. The fourth-order valence-electron chi connectivity index (χ4n) is 1.92. The molecule has 1 N–H and O–H groups in total. The number of nitrogens with one attached hydrogen (secondary N) is 1. The number of halogens is 2. The van der Waals surface area contributed by atoms with Gasteiger partial charge in [0.15, 0.2) is 0 Å². The van der Waals surface area contributed by atoms with Gasteiger partial charge in [0, 0.05) is 6.07 Å². The summed E-state index contributed by atoms with van der Waals surface area (Å²) < 4.78 is 27.3. The van der Waals surface area contributed by atoms with Crippen LogP contribution in [0, 0.1) is 31.9 Å². The van der Waals surface area contributed by atoms with Crippen LogP contribution in [0.25, 0.3) is 0 Å². The van der Waals surface area contributed by atoms with Gasteiger partial charge < -0.3 is 0 Å². The van der Waals surface area contributed by atoms with Crippen LogP contribution in [0.4, 0.5) is 25.8 Å². The third-order valence-corrected chi connectivity index (χ3v) is 3.06. The molecule has 0 amide bonds. The summed E-state index contributed by atoms with van der Waals surface area (Å²) in [5.41, 5.74) is 0.635. The molecule has 2 aromatic carbocycles. The predicted molar refractivity (Wildman–Crippen MR) is 81.9 cm³/mol. The molecule has 0 saturated carbocycles. The van der Waals surface area contributed by atoms with Crippen LogP contribution in [0.15, 0.2) is 41.5 Å². The number of nitro groups is 2. The van der Waals surface area contributed by atoms with E-state index in [1.54, 1.807) is 0 Å². The number of nitro benzene ring substituents is 2. The van der Waals surface area contributed by atoms with Gasteiger partial charge in [0.2, 0.25) is 0 Å². The summed E-state index contributed by atoms with van der Waals surface area (Å²) in [4.78, 5) is 20.1. The highest BCUT2D eigenvalue weighted by Gasteiger charge is 2.19. The Morgan fingerprint density at radius 1 is 1.08 bits per heavy atom. The minimum atomic E-state index is -0.837. The van der Waals surface area contributed by atoms with E-state index in [9.17, 15) is 29.0 Å².